The van der Waals surface area contributed by atoms with E-state index in [9.17, 15) is 9.59 Å². The van der Waals surface area contributed by atoms with Crippen molar-refractivity contribution in [2.45, 2.75) is 19.3 Å². The minimum absolute atomic E-state index is 0.132. The molecule has 1 aliphatic rings. The molecular formula is C23H24N4O6. The van der Waals surface area contributed by atoms with Gasteiger partial charge in [0.25, 0.3) is 5.56 Å². The predicted molar refractivity (Wildman–Crippen MR) is 119 cm³/mol. The second kappa shape index (κ2) is 10.0. The third-order valence-electron chi connectivity index (χ3n) is 5.18. The second-order valence-electron chi connectivity index (χ2n) is 7.31. The molecule has 1 amide bonds. The first-order chi connectivity index (χ1) is 16.1. The maximum absolute atomic E-state index is 12.4. The molecule has 1 aliphatic heterocycles. The van der Waals surface area contributed by atoms with Gasteiger partial charge in [-0.3, -0.25) is 9.59 Å². The number of aryl methyl sites for hydroxylation is 1. The van der Waals surface area contributed by atoms with E-state index >= 15 is 0 Å². The van der Waals surface area contributed by atoms with Crippen LogP contribution in [0.15, 0.2) is 41.2 Å². The van der Waals surface area contributed by atoms with E-state index in [2.05, 4.69) is 20.5 Å². The molecule has 4 rings (SSSR count). The van der Waals surface area contributed by atoms with E-state index in [1.165, 1.54) is 0 Å². The van der Waals surface area contributed by atoms with Gasteiger partial charge in [-0.1, -0.05) is 6.07 Å². The molecule has 10 nitrogen and oxygen atoms in total. The van der Waals surface area contributed by atoms with Crippen LogP contribution < -0.4 is 29.8 Å². The summed E-state index contributed by atoms with van der Waals surface area (Å²) < 4.78 is 21.1. The molecule has 2 N–H and O–H groups in total. The molecule has 0 radical (unpaired) electrons. The Hall–Kier alpha value is -4.08. The van der Waals surface area contributed by atoms with E-state index < -0.39 is 0 Å². The van der Waals surface area contributed by atoms with Crippen LogP contribution >= 0.6 is 0 Å². The zero-order chi connectivity index (χ0) is 23.2. The van der Waals surface area contributed by atoms with Crippen LogP contribution in [0.4, 0.5) is 0 Å². The van der Waals surface area contributed by atoms with E-state index in [4.69, 9.17) is 18.9 Å². The van der Waals surface area contributed by atoms with E-state index in [-0.39, 0.29) is 36.8 Å². The van der Waals surface area contributed by atoms with Gasteiger partial charge in [-0.25, -0.2) is 0 Å². The van der Waals surface area contributed by atoms with Gasteiger partial charge in [0, 0.05) is 24.9 Å². The first-order valence-corrected chi connectivity index (χ1v) is 10.4. The van der Waals surface area contributed by atoms with Gasteiger partial charge in [0.05, 0.1) is 14.2 Å². The van der Waals surface area contributed by atoms with Crippen LogP contribution in [-0.2, 0) is 17.6 Å². The molecule has 0 saturated heterocycles. The number of hydrogen-bond acceptors (Lipinski definition) is 8. The van der Waals surface area contributed by atoms with E-state index in [1.807, 2.05) is 18.2 Å². The van der Waals surface area contributed by atoms with E-state index in [1.54, 1.807) is 32.4 Å². The number of hydrogen-bond donors (Lipinski definition) is 2. The van der Waals surface area contributed by atoms with Crippen molar-refractivity contribution < 1.29 is 23.7 Å². The zero-order valence-electron chi connectivity index (χ0n) is 18.3. The number of nitrogens with zero attached hydrogens (tertiary/aromatic N) is 2. The minimum Gasteiger partial charge on any atom is -0.493 e. The fourth-order valence-electron chi connectivity index (χ4n) is 3.40. The fraction of sp³-hybridized carbons (Fsp3) is 0.304. The lowest BCUT2D eigenvalue weighted by Gasteiger charge is -2.10. The Bertz CT molecular complexity index is 1210. The molecule has 0 spiro atoms. The number of ether oxygens (including phenoxy) is 4. The molecule has 0 atom stereocenters. The monoisotopic (exact) mass is 452 g/mol. The molecule has 2 aromatic carbocycles. The molecule has 0 aliphatic carbocycles. The van der Waals surface area contributed by atoms with Crippen LogP contribution in [-0.4, -0.2) is 48.6 Å². The number of nitrogens with one attached hydrogen (secondary N) is 2. The van der Waals surface area contributed by atoms with Crippen molar-refractivity contribution in [1.29, 1.82) is 0 Å². The van der Waals surface area contributed by atoms with Crippen LogP contribution in [0, 0.1) is 0 Å². The molecular weight excluding hydrogens is 428 g/mol. The summed E-state index contributed by atoms with van der Waals surface area (Å²) in [5, 5.41) is 11.0. The van der Waals surface area contributed by atoms with E-state index in [0.717, 1.165) is 5.56 Å². The van der Waals surface area contributed by atoms with Gasteiger partial charge in [0.15, 0.2) is 28.8 Å². The molecule has 0 unspecified atom stereocenters. The summed E-state index contributed by atoms with van der Waals surface area (Å²) in [6, 6.07) is 10.9. The summed E-state index contributed by atoms with van der Waals surface area (Å²) in [4.78, 5) is 27.3. The molecule has 3 aromatic rings. The molecule has 0 bridgehead atoms. The van der Waals surface area contributed by atoms with Crippen LogP contribution in [0.2, 0.25) is 0 Å². The number of carbonyl (C=O) groups is 1. The Morgan fingerprint density at radius 1 is 1.03 bits per heavy atom. The maximum atomic E-state index is 12.4. The molecule has 33 heavy (non-hydrogen) atoms. The van der Waals surface area contributed by atoms with Crippen molar-refractivity contribution in [3.8, 4) is 34.4 Å². The highest BCUT2D eigenvalue weighted by Gasteiger charge is 2.16. The highest BCUT2D eigenvalue weighted by Crippen LogP contribution is 2.34. The SMILES string of the molecule is COc1ccc(CCNC(=O)CCc2nnc(-c3ccc4c(c3)OCO4)[nH]c2=O)cc1OC. The molecule has 172 valence electrons. The summed E-state index contributed by atoms with van der Waals surface area (Å²) in [7, 11) is 3.16. The Kier molecular flexibility index (Phi) is 6.72. The van der Waals surface area contributed by atoms with Crippen molar-refractivity contribution in [1.82, 2.24) is 20.5 Å². The molecule has 0 saturated carbocycles. The number of fused-ring (bicyclic) bond motifs is 1. The average molecular weight is 452 g/mol. The predicted octanol–water partition coefficient (Wildman–Crippen LogP) is 1.87. The summed E-state index contributed by atoms with van der Waals surface area (Å²) in [5.41, 5.74) is 1.49. The lowest BCUT2D eigenvalue weighted by molar-refractivity contribution is -0.121. The average Bonchev–Trinajstić information content (AvgIpc) is 3.31. The van der Waals surface area contributed by atoms with Crippen LogP contribution in [0.5, 0.6) is 23.0 Å². The van der Waals surface area contributed by atoms with Crippen molar-refractivity contribution in [2.24, 2.45) is 0 Å². The fourth-order valence-corrected chi connectivity index (χ4v) is 3.40. The number of rotatable bonds is 9. The van der Waals surface area contributed by atoms with Crippen LogP contribution in [0.25, 0.3) is 11.4 Å². The number of benzene rings is 2. The summed E-state index contributed by atoms with van der Waals surface area (Å²) in [6.07, 6.45) is 0.954. The summed E-state index contributed by atoms with van der Waals surface area (Å²) >= 11 is 0. The normalized spacial score (nSPS) is 11.8. The van der Waals surface area contributed by atoms with Crippen molar-refractivity contribution in [2.75, 3.05) is 27.6 Å². The number of H-pyrrole nitrogens is 1. The van der Waals surface area contributed by atoms with Gasteiger partial charge in [-0.15, -0.1) is 10.2 Å². The number of aromatic amines is 1. The Morgan fingerprint density at radius 3 is 2.64 bits per heavy atom. The summed E-state index contributed by atoms with van der Waals surface area (Å²) in [6.45, 7) is 0.621. The highest BCUT2D eigenvalue weighted by molar-refractivity contribution is 5.76. The van der Waals surface area contributed by atoms with Gasteiger partial charge < -0.3 is 29.2 Å². The van der Waals surface area contributed by atoms with Gasteiger partial charge in [0.1, 0.15) is 5.69 Å². The molecule has 0 fully saturated rings. The summed E-state index contributed by atoms with van der Waals surface area (Å²) in [5.74, 6) is 2.68. The van der Waals surface area contributed by atoms with Crippen LogP contribution in [0.3, 0.4) is 0 Å². The minimum atomic E-state index is -0.379. The smallest absolute Gasteiger partial charge is 0.273 e. The Labute approximate surface area is 189 Å². The zero-order valence-corrected chi connectivity index (χ0v) is 18.3. The second-order valence-corrected chi connectivity index (χ2v) is 7.31. The first-order valence-electron chi connectivity index (χ1n) is 10.4. The molecule has 2 heterocycles. The van der Waals surface area contributed by atoms with Gasteiger partial charge >= 0.3 is 0 Å². The van der Waals surface area contributed by atoms with Gasteiger partial charge in [-0.2, -0.15) is 0 Å². The van der Waals surface area contributed by atoms with E-state index in [0.29, 0.717) is 47.4 Å². The quantitative estimate of drug-likeness (QED) is 0.504. The van der Waals surface area contributed by atoms with Gasteiger partial charge in [0.2, 0.25) is 12.7 Å². The molecule has 1 aromatic heterocycles. The maximum Gasteiger partial charge on any atom is 0.273 e. The lowest BCUT2D eigenvalue weighted by Crippen LogP contribution is -2.27. The van der Waals surface area contributed by atoms with Crippen molar-refractivity contribution >= 4 is 5.91 Å². The third-order valence-corrected chi connectivity index (χ3v) is 5.18. The number of methoxy groups -OCH3 is 2. The number of carbonyl (C=O) groups excluding carboxylic acids is 1. The van der Waals surface area contributed by atoms with Gasteiger partial charge in [-0.05, 0) is 42.3 Å². The Balaban J connectivity index is 1.28. The standard InChI is InChI=1S/C23H24N4O6/c1-30-17-6-3-14(11-19(17)31-2)9-10-24-21(28)8-5-16-23(29)25-22(27-26-16)15-4-7-18-20(12-15)33-13-32-18/h3-4,6-7,11-12H,5,8-10,13H2,1-2H3,(H,24,28)(H,25,27,29). The number of aromatic nitrogens is 3. The highest BCUT2D eigenvalue weighted by atomic mass is 16.7. The third kappa shape index (κ3) is 5.22. The topological polar surface area (TPSA) is 125 Å². The lowest BCUT2D eigenvalue weighted by atomic mass is 10.1. The van der Waals surface area contributed by atoms with Crippen molar-refractivity contribution in [3.63, 3.8) is 0 Å². The Morgan fingerprint density at radius 2 is 1.85 bits per heavy atom. The van der Waals surface area contributed by atoms with Crippen LogP contribution in [0.1, 0.15) is 17.7 Å². The number of amides is 1. The molecule has 10 heteroatoms. The largest absolute Gasteiger partial charge is 0.493 e. The van der Waals surface area contributed by atoms with Crippen molar-refractivity contribution in [3.05, 3.63) is 58.0 Å². The first kappa shape index (κ1) is 22.1.